The third-order valence-electron chi connectivity index (χ3n) is 3.21. The standard InChI is InChI=1S/C16H16BrFN2O3S/c1-24(22,23)20(15-8-4-13(17)5-9-15)11-16(21)19-10-12-2-6-14(18)7-3-12/h2-9H,10-11H2,1H3,(H,19,21). The zero-order valence-electron chi connectivity index (χ0n) is 12.9. The molecule has 0 aromatic heterocycles. The van der Waals surface area contributed by atoms with Crippen molar-refractivity contribution in [2.24, 2.45) is 0 Å². The predicted octanol–water partition coefficient (Wildman–Crippen LogP) is 2.67. The van der Waals surface area contributed by atoms with E-state index in [1.54, 1.807) is 36.4 Å². The zero-order valence-corrected chi connectivity index (χ0v) is 15.3. The van der Waals surface area contributed by atoms with E-state index < -0.39 is 15.9 Å². The van der Waals surface area contributed by atoms with Crippen molar-refractivity contribution >= 4 is 37.5 Å². The topological polar surface area (TPSA) is 66.5 Å². The number of nitrogens with zero attached hydrogens (tertiary/aromatic N) is 1. The fourth-order valence-electron chi connectivity index (χ4n) is 2.00. The second kappa shape index (κ2) is 7.76. The van der Waals surface area contributed by atoms with Gasteiger partial charge < -0.3 is 5.32 Å². The fourth-order valence-corrected chi connectivity index (χ4v) is 3.12. The highest BCUT2D eigenvalue weighted by Gasteiger charge is 2.20. The summed E-state index contributed by atoms with van der Waals surface area (Å²) in [6.07, 6.45) is 1.04. The van der Waals surface area contributed by atoms with Crippen molar-refractivity contribution in [3.63, 3.8) is 0 Å². The molecule has 2 aromatic carbocycles. The highest BCUT2D eigenvalue weighted by Crippen LogP contribution is 2.20. The molecule has 0 bridgehead atoms. The molecule has 0 heterocycles. The second-order valence-electron chi connectivity index (χ2n) is 5.15. The molecular weight excluding hydrogens is 399 g/mol. The van der Waals surface area contributed by atoms with Gasteiger partial charge in [-0.1, -0.05) is 28.1 Å². The van der Waals surface area contributed by atoms with Gasteiger partial charge in [0.1, 0.15) is 12.4 Å². The van der Waals surface area contributed by atoms with Crippen LogP contribution in [0.1, 0.15) is 5.56 Å². The molecule has 0 aliphatic heterocycles. The van der Waals surface area contributed by atoms with E-state index in [1.807, 2.05) is 0 Å². The van der Waals surface area contributed by atoms with Crippen LogP contribution in [0.15, 0.2) is 53.0 Å². The molecule has 5 nitrogen and oxygen atoms in total. The number of halogens is 2. The number of amides is 1. The first kappa shape index (κ1) is 18.4. The van der Waals surface area contributed by atoms with E-state index in [0.29, 0.717) is 5.69 Å². The minimum atomic E-state index is -3.61. The van der Waals surface area contributed by atoms with Crippen molar-refractivity contribution in [2.75, 3.05) is 17.1 Å². The maximum absolute atomic E-state index is 12.8. The number of rotatable bonds is 6. The summed E-state index contributed by atoms with van der Waals surface area (Å²) >= 11 is 3.28. The maximum atomic E-state index is 12.8. The van der Waals surface area contributed by atoms with Gasteiger partial charge in [-0.25, -0.2) is 12.8 Å². The van der Waals surface area contributed by atoms with Gasteiger partial charge in [0.05, 0.1) is 11.9 Å². The fraction of sp³-hybridized carbons (Fsp3) is 0.188. The Hall–Kier alpha value is -1.93. The summed E-state index contributed by atoms with van der Waals surface area (Å²) in [6, 6.07) is 12.3. The molecule has 24 heavy (non-hydrogen) atoms. The van der Waals surface area contributed by atoms with E-state index >= 15 is 0 Å². The molecule has 1 N–H and O–H groups in total. The second-order valence-corrected chi connectivity index (χ2v) is 7.97. The van der Waals surface area contributed by atoms with Crippen molar-refractivity contribution in [3.05, 3.63) is 64.4 Å². The lowest BCUT2D eigenvalue weighted by Crippen LogP contribution is -2.40. The molecule has 0 aliphatic carbocycles. The molecule has 0 saturated carbocycles. The molecule has 1 amide bonds. The highest BCUT2D eigenvalue weighted by molar-refractivity contribution is 9.10. The van der Waals surface area contributed by atoms with E-state index in [2.05, 4.69) is 21.2 Å². The van der Waals surface area contributed by atoms with Crippen LogP contribution in [-0.2, 0) is 21.4 Å². The van der Waals surface area contributed by atoms with Crippen LogP contribution in [0, 0.1) is 5.82 Å². The smallest absolute Gasteiger partial charge is 0.241 e. The lowest BCUT2D eigenvalue weighted by Gasteiger charge is -2.22. The van der Waals surface area contributed by atoms with Crippen molar-refractivity contribution < 1.29 is 17.6 Å². The van der Waals surface area contributed by atoms with Gasteiger partial charge in [-0.05, 0) is 42.0 Å². The number of sulfonamides is 1. The van der Waals surface area contributed by atoms with Gasteiger partial charge in [-0.15, -0.1) is 0 Å². The van der Waals surface area contributed by atoms with Crippen LogP contribution in [0.25, 0.3) is 0 Å². The third kappa shape index (κ3) is 5.31. The van der Waals surface area contributed by atoms with Gasteiger partial charge in [-0.2, -0.15) is 0 Å². The van der Waals surface area contributed by atoms with Crippen molar-refractivity contribution in [2.45, 2.75) is 6.54 Å². The van der Waals surface area contributed by atoms with Gasteiger partial charge in [0.2, 0.25) is 15.9 Å². The van der Waals surface area contributed by atoms with Crippen LogP contribution in [0.4, 0.5) is 10.1 Å². The van der Waals surface area contributed by atoms with E-state index in [1.165, 1.54) is 12.1 Å². The first-order valence-electron chi connectivity index (χ1n) is 7.00. The quantitative estimate of drug-likeness (QED) is 0.789. The summed E-state index contributed by atoms with van der Waals surface area (Å²) in [5, 5.41) is 2.63. The molecule has 2 rings (SSSR count). The molecule has 8 heteroatoms. The first-order chi connectivity index (χ1) is 11.3. The minimum absolute atomic E-state index is 0.192. The number of benzene rings is 2. The first-order valence-corrected chi connectivity index (χ1v) is 9.64. The lowest BCUT2D eigenvalue weighted by atomic mass is 10.2. The summed E-state index contributed by atoms with van der Waals surface area (Å²) in [4.78, 5) is 12.1. The summed E-state index contributed by atoms with van der Waals surface area (Å²) in [5.41, 5.74) is 1.12. The molecule has 128 valence electrons. The SMILES string of the molecule is CS(=O)(=O)N(CC(=O)NCc1ccc(F)cc1)c1ccc(Br)cc1. The molecular formula is C16H16BrFN2O3S. The average molecular weight is 415 g/mol. The zero-order chi connectivity index (χ0) is 17.7. The highest BCUT2D eigenvalue weighted by atomic mass is 79.9. The molecule has 0 atom stereocenters. The van der Waals surface area contributed by atoms with Crippen LogP contribution in [0.2, 0.25) is 0 Å². The Morgan fingerprint density at radius 3 is 2.25 bits per heavy atom. The van der Waals surface area contributed by atoms with Crippen LogP contribution in [-0.4, -0.2) is 27.1 Å². The summed E-state index contributed by atoms with van der Waals surface area (Å²) in [6.45, 7) is -0.140. The van der Waals surface area contributed by atoms with Gasteiger partial charge in [0.25, 0.3) is 0 Å². The monoisotopic (exact) mass is 414 g/mol. The van der Waals surface area contributed by atoms with Crippen molar-refractivity contribution in [1.82, 2.24) is 5.32 Å². The number of nitrogens with one attached hydrogen (secondary N) is 1. The van der Waals surface area contributed by atoms with E-state index in [9.17, 15) is 17.6 Å². The Morgan fingerprint density at radius 2 is 1.71 bits per heavy atom. The molecule has 0 aliphatic rings. The Labute approximate surface area is 148 Å². The molecule has 2 aromatic rings. The predicted molar refractivity (Wildman–Crippen MR) is 94.6 cm³/mol. The van der Waals surface area contributed by atoms with Crippen LogP contribution >= 0.6 is 15.9 Å². The molecule has 0 saturated heterocycles. The lowest BCUT2D eigenvalue weighted by molar-refractivity contribution is -0.119. The molecule has 0 fully saturated rings. The number of hydrogen-bond acceptors (Lipinski definition) is 3. The molecule has 0 radical (unpaired) electrons. The summed E-state index contributed by atoms with van der Waals surface area (Å²) < 4.78 is 38.6. The van der Waals surface area contributed by atoms with E-state index in [0.717, 1.165) is 20.6 Å². The summed E-state index contributed by atoms with van der Waals surface area (Å²) in [7, 11) is -3.61. The normalized spacial score (nSPS) is 11.1. The Kier molecular flexibility index (Phi) is 5.95. The third-order valence-corrected chi connectivity index (χ3v) is 4.87. The Morgan fingerprint density at radius 1 is 1.12 bits per heavy atom. The van der Waals surface area contributed by atoms with Gasteiger partial charge >= 0.3 is 0 Å². The van der Waals surface area contributed by atoms with Gasteiger partial charge in [-0.3, -0.25) is 9.10 Å². The van der Waals surface area contributed by atoms with Crippen molar-refractivity contribution in [1.29, 1.82) is 0 Å². The van der Waals surface area contributed by atoms with Crippen LogP contribution < -0.4 is 9.62 Å². The number of carbonyl (C=O) groups excluding carboxylic acids is 1. The average Bonchev–Trinajstić information content (AvgIpc) is 2.52. The van der Waals surface area contributed by atoms with Crippen LogP contribution in [0.3, 0.4) is 0 Å². The van der Waals surface area contributed by atoms with Crippen molar-refractivity contribution in [3.8, 4) is 0 Å². The van der Waals surface area contributed by atoms with E-state index in [4.69, 9.17) is 0 Å². The number of carbonyl (C=O) groups is 1. The summed E-state index contributed by atoms with van der Waals surface area (Å²) in [5.74, 6) is -0.809. The molecule has 0 spiro atoms. The number of hydrogen-bond donors (Lipinski definition) is 1. The number of anilines is 1. The largest absolute Gasteiger partial charge is 0.350 e. The Balaban J connectivity index is 2.05. The Bertz CT molecular complexity index is 808. The van der Waals surface area contributed by atoms with Crippen LogP contribution in [0.5, 0.6) is 0 Å². The maximum Gasteiger partial charge on any atom is 0.241 e. The molecule has 0 unspecified atom stereocenters. The van der Waals surface area contributed by atoms with E-state index in [-0.39, 0.29) is 18.9 Å². The van der Waals surface area contributed by atoms with Gasteiger partial charge in [0, 0.05) is 11.0 Å². The van der Waals surface area contributed by atoms with Gasteiger partial charge in [0.15, 0.2) is 0 Å². The minimum Gasteiger partial charge on any atom is -0.350 e.